The van der Waals surface area contributed by atoms with Gasteiger partial charge in [0.2, 0.25) is 0 Å². The number of nitrogens with zero attached hydrogens (tertiary/aromatic N) is 2. The highest BCUT2D eigenvalue weighted by Gasteiger charge is 2.23. The van der Waals surface area contributed by atoms with Crippen LogP contribution in [0, 0.1) is 7.14 Å². The zero-order valence-electron chi connectivity index (χ0n) is 11.7. The van der Waals surface area contributed by atoms with Crippen LogP contribution in [-0.4, -0.2) is 16.3 Å². The minimum atomic E-state index is 0.981. The lowest BCUT2D eigenvalue weighted by Gasteiger charge is -2.06. The van der Waals surface area contributed by atoms with E-state index in [1.165, 1.54) is 18.3 Å². The van der Waals surface area contributed by atoms with Gasteiger partial charge >= 0.3 is 0 Å². The predicted molar refractivity (Wildman–Crippen MR) is 107 cm³/mol. The van der Waals surface area contributed by atoms with Gasteiger partial charge in [-0.05, 0) is 88.0 Å². The van der Waals surface area contributed by atoms with E-state index in [1.54, 1.807) is 0 Å². The van der Waals surface area contributed by atoms with E-state index in [4.69, 9.17) is 5.10 Å². The predicted octanol–water partition coefficient (Wildman–Crippen LogP) is 4.72. The van der Waals surface area contributed by atoms with Gasteiger partial charge in [-0.1, -0.05) is 12.1 Å². The molecule has 0 fully saturated rings. The van der Waals surface area contributed by atoms with E-state index in [0.717, 1.165) is 30.2 Å². The summed E-state index contributed by atoms with van der Waals surface area (Å²) in [7, 11) is 0. The molecule has 0 bridgehead atoms. The minimum Gasteiger partial charge on any atom is -0.369 e. The van der Waals surface area contributed by atoms with E-state index < -0.39 is 0 Å². The molecule has 1 aliphatic heterocycles. The summed E-state index contributed by atoms with van der Waals surface area (Å²) in [6.45, 7) is 0.981. The molecule has 0 aliphatic carbocycles. The number of hydrogen-bond acceptors (Lipinski definition) is 2. The number of hydrogen-bond donors (Lipinski definition) is 1. The first-order chi connectivity index (χ1) is 10.7. The maximum atomic E-state index is 4.89. The van der Waals surface area contributed by atoms with E-state index >= 15 is 0 Å². The fourth-order valence-electron chi connectivity index (χ4n) is 2.81. The van der Waals surface area contributed by atoms with Gasteiger partial charge in [0, 0.05) is 24.8 Å². The van der Waals surface area contributed by atoms with Gasteiger partial charge in [-0.3, -0.25) is 0 Å². The fourth-order valence-corrected chi connectivity index (χ4v) is 3.71. The number of nitrogens with one attached hydrogen (secondary N) is 1. The SMILES string of the molecule is Ic1ccc(-n2nc(-c3cccc(I)c3)c3c2NCC3)cc1. The Bertz CT molecular complexity index is 838. The van der Waals surface area contributed by atoms with Crippen molar-refractivity contribution < 1.29 is 0 Å². The Kier molecular flexibility index (Phi) is 3.85. The molecule has 110 valence electrons. The summed E-state index contributed by atoms with van der Waals surface area (Å²) in [5.74, 6) is 1.13. The third kappa shape index (κ3) is 2.54. The third-order valence-corrected chi connectivity index (χ3v) is 5.21. The van der Waals surface area contributed by atoms with Gasteiger partial charge in [0.1, 0.15) is 5.82 Å². The highest BCUT2D eigenvalue weighted by molar-refractivity contribution is 14.1. The van der Waals surface area contributed by atoms with Crippen molar-refractivity contribution in [3.8, 4) is 16.9 Å². The van der Waals surface area contributed by atoms with Gasteiger partial charge in [0.05, 0.1) is 11.4 Å². The first-order valence-electron chi connectivity index (χ1n) is 7.10. The molecular formula is C17H13I2N3. The van der Waals surface area contributed by atoms with E-state index in [-0.39, 0.29) is 0 Å². The maximum absolute atomic E-state index is 4.89. The van der Waals surface area contributed by atoms with Gasteiger partial charge in [0.15, 0.2) is 0 Å². The molecule has 3 aromatic rings. The van der Waals surface area contributed by atoms with Crippen LogP contribution < -0.4 is 5.32 Å². The van der Waals surface area contributed by atoms with Crippen LogP contribution in [0.5, 0.6) is 0 Å². The Hall–Kier alpha value is -1.09. The second kappa shape index (κ2) is 5.84. The zero-order valence-corrected chi connectivity index (χ0v) is 16.0. The summed E-state index contributed by atoms with van der Waals surface area (Å²) in [5.41, 5.74) is 4.71. The number of halogens is 2. The van der Waals surface area contributed by atoms with Crippen molar-refractivity contribution in [2.45, 2.75) is 6.42 Å². The molecule has 4 rings (SSSR count). The zero-order chi connectivity index (χ0) is 15.1. The quantitative estimate of drug-likeness (QED) is 0.504. The topological polar surface area (TPSA) is 29.9 Å². The second-order valence-electron chi connectivity index (χ2n) is 5.25. The van der Waals surface area contributed by atoms with Crippen LogP contribution in [0.15, 0.2) is 48.5 Å². The Balaban J connectivity index is 1.88. The number of aromatic nitrogens is 2. The standard InChI is InChI=1S/C17H13I2N3/c18-12-4-6-14(7-5-12)22-17-15(8-9-20-17)16(21-22)11-2-1-3-13(19)10-11/h1-7,10,20H,8-9H2. The van der Waals surface area contributed by atoms with Gasteiger partial charge < -0.3 is 5.32 Å². The second-order valence-corrected chi connectivity index (χ2v) is 7.74. The molecule has 1 aromatic heterocycles. The Labute approximate surface area is 156 Å². The van der Waals surface area contributed by atoms with Crippen molar-refractivity contribution in [3.05, 3.63) is 61.2 Å². The van der Waals surface area contributed by atoms with Crippen LogP contribution in [0.2, 0.25) is 0 Å². The summed E-state index contributed by atoms with van der Waals surface area (Å²) in [5, 5.41) is 8.37. The molecule has 0 atom stereocenters. The molecule has 0 amide bonds. The Morgan fingerprint density at radius 3 is 2.59 bits per heavy atom. The molecule has 0 unspecified atom stereocenters. The van der Waals surface area contributed by atoms with Crippen LogP contribution in [0.1, 0.15) is 5.56 Å². The monoisotopic (exact) mass is 513 g/mol. The maximum Gasteiger partial charge on any atom is 0.133 e. The highest BCUT2D eigenvalue weighted by atomic mass is 127. The van der Waals surface area contributed by atoms with Crippen LogP contribution in [-0.2, 0) is 6.42 Å². The lowest BCUT2D eigenvalue weighted by Crippen LogP contribution is -2.04. The van der Waals surface area contributed by atoms with Gasteiger partial charge in [-0.2, -0.15) is 5.10 Å². The molecule has 1 N–H and O–H groups in total. The lowest BCUT2D eigenvalue weighted by molar-refractivity contribution is 0.882. The largest absolute Gasteiger partial charge is 0.369 e. The molecule has 3 nitrogen and oxygen atoms in total. The van der Waals surface area contributed by atoms with Crippen molar-refractivity contribution in [1.82, 2.24) is 9.78 Å². The van der Waals surface area contributed by atoms with Gasteiger partial charge in [-0.25, -0.2) is 4.68 Å². The average Bonchev–Trinajstić information content (AvgIpc) is 3.10. The molecule has 0 saturated carbocycles. The van der Waals surface area contributed by atoms with Crippen molar-refractivity contribution >= 4 is 51.0 Å². The third-order valence-electron chi connectivity index (χ3n) is 3.82. The van der Waals surface area contributed by atoms with E-state index in [1.807, 2.05) is 4.68 Å². The molecule has 22 heavy (non-hydrogen) atoms. The first kappa shape index (κ1) is 14.5. The van der Waals surface area contributed by atoms with Crippen molar-refractivity contribution in [2.75, 3.05) is 11.9 Å². The lowest BCUT2D eigenvalue weighted by atomic mass is 10.1. The number of fused-ring (bicyclic) bond motifs is 1. The molecule has 5 heteroatoms. The molecule has 2 aromatic carbocycles. The molecular weight excluding hydrogens is 500 g/mol. The van der Waals surface area contributed by atoms with E-state index in [0.29, 0.717) is 0 Å². The Morgan fingerprint density at radius 2 is 1.82 bits per heavy atom. The van der Waals surface area contributed by atoms with Crippen LogP contribution >= 0.6 is 45.2 Å². The van der Waals surface area contributed by atoms with Crippen LogP contribution in [0.3, 0.4) is 0 Å². The van der Waals surface area contributed by atoms with Gasteiger partial charge in [-0.15, -0.1) is 0 Å². The summed E-state index contributed by atoms with van der Waals surface area (Å²) in [6, 6.07) is 17.0. The van der Waals surface area contributed by atoms with Gasteiger partial charge in [0.25, 0.3) is 0 Å². The van der Waals surface area contributed by atoms with Crippen LogP contribution in [0.25, 0.3) is 16.9 Å². The highest BCUT2D eigenvalue weighted by Crippen LogP contribution is 2.34. The van der Waals surface area contributed by atoms with E-state index in [2.05, 4.69) is 99.0 Å². The number of rotatable bonds is 2. The molecule has 2 heterocycles. The summed E-state index contributed by atoms with van der Waals surface area (Å²) >= 11 is 4.68. The molecule has 1 aliphatic rings. The minimum absolute atomic E-state index is 0.981. The summed E-state index contributed by atoms with van der Waals surface area (Å²) < 4.78 is 4.50. The van der Waals surface area contributed by atoms with Crippen molar-refractivity contribution in [3.63, 3.8) is 0 Å². The van der Waals surface area contributed by atoms with Crippen molar-refractivity contribution in [2.24, 2.45) is 0 Å². The molecule has 0 saturated heterocycles. The summed E-state index contributed by atoms with van der Waals surface area (Å²) in [6.07, 6.45) is 1.03. The average molecular weight is 513 g/mol. The first-order valence-corrected chi connectivity index (χ1v) is 9.26. The number of benzene rings is 2. The van der Waals surface area contributed by atoms with E-state index in [9.17, 15) is 0 Å². The molecule has 0 spiro atoms. The van der Waals surface area contributed by atoms with Crippen molar-refractivity contribution in [1.29, 1.82) is 0 Å². The van der Waals surface area contributed by atoms with Crippen LogP contribution in [0.4, 0.5) is 5.82 Å². The number of anilines is 1. The Morgan fingerprint density at radius 1 is 1.00 bits per heavy atom. The smallest absolute Gasteiger partial charge is 0.133 e. The normalized spacial score (nSPS) is 13.0. The molecule has 0 radical (unpaired) electrons. The summed E-state index contributed by atoms with van der Waals surface area (Å²) in [4.78, 5) is 0. The fraction of sp³-hybridized carbons (Fsp3) is 0.118.